The monoisotopic (exact) mass is 351 g/mol. The Morgan fingerprint density at radius 1 is 1.21 bits per heavy atom. The van der Waals surface area contributed by atoms with E-state index in [0.29, 0.717) is 18.0 Å². The molecule has 1 aromatic rings. The number of unbranched alkanes of at least 4 members (excludes halogenated alkanes) is 1. The molecule has 0 spiro atoms. The van der Waals surface area contributed by atoms with Crippen LogP contribution in [0.3, 0.4) is 0 Å². The van der Waals surface area contributed by atoms with Crippen LogP contribution in [0.15, 0.2) is 18.2 Å². The van der Waals surface area contributed by atoms with Gasteiger partial charge in [-0.1, -0.05) is 18.9 Å². The van der Waals surface area contributed by atoms with Crippen LogP contribution in [-0.4, -0.2) is 34.4 Å². The summed E-state index contributed by atoms with van der Waals surface area (Å²) < 4.78 is 0. The molecule has 0 bridgehead atoms. The van der Waals surface area contributed by atoms with E-state index < -0.39 is 7.12 Å². The van der Waals surface area contributed by atoms with E-state index in [1.54, 1.807) is 0 Å². The number of rotatable bonds is 9. The molecule has 5 nitrogen and oxygen atoms in total. The SMILES string of the molecule is Cc1ccc(NC(=S)NCCC(C)(N)CCCCB(O)O)cc1C. The van der Waals surface area contributed by atoms with Gasteiger partial charge in [-0.3, -0.25) is 0 Å². The molecule has 1 aromatic carbocycles. The van der Waals surface area contributed by atoms with Crippen LogP contribution < -0.4 is 16.4 Å². The summed E-state index contributed by atoms with van der Waals surface area (Å²) in [4.78, 5) is 0. The first-order valence-electron chi connectivity index (χ1n) is 8.47. The zero-order chi connectivity index (χ0) is 18.2. The van der Waals surface area contributed by atoms with Crippen LogP contribution in [-0.2, 0) is 0 Å². The molecule has 0 fully saturated rings. The van der Waals surface area contributed by atoms with Gasteiger partial charge in [0.2, 0.25) is 0 Å². The van der Waals surface area contributed by atoms with Crippen LogP contribution in [0.1, 0.15) is 43.7 Å². The molecule has 0 saturated carbocycles. The zero-order valence-electron chi connectivity index (χ0n) is 14.9. The third-order valence-corrected chi connectivity index (χ3v) is 4.45. The number of thiocarbonyl (C=S) groups is 1. The van der Waals surface area contributed by atoms with Gasteiger partial charge >= 0.3 is 7.12 Å². The Bertz CT molecular complexity index is 539. The minimum Gasteiger partial charge on any atom is -0.427 e. The molecule has 1 unspecified atom stereocenters. The molecule has 0 aliphatic carbocycles. The Balaban J connectivity index is 2.27. The lowest BCUT2D eigenvalue weighted by Gasteiger charge is -2.25. The van der Waals surface area contributed by atoms with Crippen molar-refractivity contribution in [2.75, 3.05) is 11.9 Å². The van der Waals surface area contributed by atoms with Crippen LogP contribution in [0.2, 0.25) is 6.32 Å². The Kier molecular flexibility index (Phi) is 8.69. The molecule has 0 amide bonds. The molecular weight excluding hydrogens is 321 g/mol. The van der Waals surface area contributed by atoms with Gasteiger partial charge in [0.05, 0.1) is 0 Å². The second-order valence-electron chi connectivity index (χ2n) is 6.81. The van der Waals surface area contributed by atoms with Gasteiger partial charge < -0.3 is 26.4 Å². The van der Waals surface area contributed by atoms with Gasteiger partial charge in [-0.25, -0.2) is 0 Å². The largest absolute Gasteiger partial charge is 0.451 e. The molecule has 134 valence electrons. The standard InChI is InChI=1S/C17H30BN3O2S/c1-13-6-7-15(12-14(13)2)21-16(24)20-11-9-17(3,19)8-4-5-10-18(22)23/h6-7,12,22-23H,4-5,8-11,19H2,1-3H3,(H2,20,21,24). The molecule has 0 aliphatic heterocycles. The second-order valence-corrected chi connectivity index (χ2v) is 7.22. The van der Waals surface area contributed by atoms with Crippen LogP contribution in [0.4, 0.5) is 5.69 Å². The summed E-state index contributed by atoms with van der Waals surface area (Å²) in [6, 6.07) is 6.16. The molecule has 0 aromatic heterocycles. The van der Waals surface area contributed by atoms with E-state index in [4.69, 9.17) is 28.0 Å². The van der Waals surface area contributed by atoms with Crippen molar-refractivity contribution in [3.8, 4) is 0 Å². The fourth-order valence-electron chi connectivity index (χ4n) is 2.44. The lowest BCUT2D eigenvalue weighted by Crippen LogP contribution is -2.41. The highest BCUT2D eigenvalue weighted by Gasteiger charge is 2.18. The number of hydrogen-bond donors (Lipinski definition) is 5. The zero-order valence-corrected chi connectivity index (χ0v) is 15.7. The van der Waals surface area contributed by atoms with Crippen molar-refractivity contribution in [3.05, 3.63) is 29.3 Å². The molecule has 0 saturated heterocycles. The van der Waals surface area contributed by atoms with Crippen LogP contribution >= 0.6 is 12.2 Å². The van der Waals surface area contributed by atoms with E-state index >= 15 is 0 Å². The Morgan fingerprint density at radius 3 is 2.54 bits per heavy atom. The minimum absolute atomic E-state index is 0.288. The van der Waals surface area contributed by atoms with Crippen molar-refractivity contribution in [1.29, 1.82) is 0 Å². The van der Waals surface area contributed by atoms with E-state index in [-0.39, 0.29) is 5.54 Å². The van der Waals surface area contributed by atoms with E-state index in [2.05, 4.69) is 36.6 Å². The predicted octanol–water partition coefficient (Wildman–Crippen LogP) is 2.34. The van der Waals surface area contributed by atoms with Crippen molar-refractivity contribution < 1.29 is 10.0 Å². The van der Waals surface area contributed by atoms with Gasteiger partial charge in [0.15, 0.2) is 5.11 Å². The minimum atomic E-state index is -1.22. The number of hydrogen-bond acceptors (Lipinski definition) is 4. The summed E-state index contributed by atoms with van der Waals surface area (Å²) in [5.74, 6) is 0. The lowest BCUT2D eigenvalue weighted by molar-refractivity contribution is 0.375. The molecule has 0 heterocycles. The van der Waals surface area contributed by atoms with Crippen molar-refractivity contribution in [1.82, 2.24) is 5.32 Å². The first kappa shape index (κ1) is 20.9. The highest BCUT2D eigenvalue weighted by Crippen LogP contribution is 2.16. The fraction of sp³-hybridized carbons (Fsp3) is 0.588. The first-order chi connectivity index (χ1) is 11.2. The average Bonchev–Trinajstić information content (AvgIpc) is 2.47. The molecule has 1 rings (SSSR count). The third-order valence-electron chi connectivity index (χ3n) is 4.21. The molecule has 0 radical (unpaired) electrons. The quantitative estimate of drug-likeness (QED) is 0.267. The smallest absolute Gasteiger partial charge is 0.427 e. The fourth-order valence-corrected chi connectivity index (χ4v) is 2.66. The highest BCUT2D eigenvalue weighted by molar-refractivity contribution is 7.80. The van der Waals surface area contributed by atoms with Gasteiger partial charge in [-0.15, -0.1) is 0 Å². The van der Waals surface area contributed by atoms with Gasteiger partial charge in [0.25, 0.3) is 0 Å². The first-order valence-corrected chi connectivity index (χ1v) is 8.87. The lowest BCUT2D eigenvalue weighted by atomic mass is 9.82. The Hall–Kier alpha value is -1.15. The van der Waals surface area contributed by atoms with E-state index in [9.17, 15) is 0 Å². The van der Waals surface area contributed by atoms with Crippen molar-refractivity contribution in [3.63, 3.8) is 0 Å². The summed E-state index contributed by atoms with van der Waals surface area (Å²) in [7, 11) is -1.22. The van der Waals surface area contributed by atoms with Crippen molar-refractivity contribution >= 4 is 30.1 Å². The second kappa shape index (κ2) is 9.98. The molecule has 7 heteroatoms. The summed E-state index contributed by atoms with van der Waals surface area (Å²) in [6.07, 6.45) is 3.70. The van der Waals surface area contributed by atoms with E-state index in [1.165, 1.54) is 11.1 Å². The van der Waals surface area contributed by atoms with Gasteiger partial charge in [0.1, 0.15) is 0 Å². The number of anilines is 1. The predicted molar refractivity (Wildman–Crippen MR) is 106 cm³/mol. The normalized spacial score (nSPS) is 13.2. The number of nitrogens with one attached hydrogen (secondary N) is 2. The van der Waals surface area contributed by atoms with E-state index in [1.807, 2.05) is 13.0 Å². The van der Waals surface area contributed by atoms with Crippen LogP contribution in [0, 0.1) is 13.8 Å². The molecule has 0 aliphatic rings. The van der Waals surface area contributed by atoms with Crippen LogP contribution in [0.25, 0.3) is 0 Å². The maximum atomic E-state index is 8.83. The summed E-state index contributed by atoms with van der Waals surface area (Å²) in [6.45, 7) is 6.88. The van der Waals surface area contributed by atoms with Crippen LogP contribution in [0.5, 0.6) is 0 Å². The van der Waals surface area contributed by atoms with Crippen molar-refractivity contribution in [2.24, 2.45) is 5.73 Å². The molecule has 24 heavy (non-hydrogen) atoms. The average molecular weight is 351 g/mol. The summed E-state index contributed by atoms with van der Waals surface area (Å²) in [5, 5.41) is 24.6. The molecule has 6 N–H and O–H groups in total. The Morgan fingerprint density at radius 2 is 1.92 bits per heavy atom. The van der Waals surface area contributed by atoms with Gasteiger partial charge in [0, 0.05) is 17.8 Å². The molecular formula is C17H30BN3O2S. The molecule has 1 atom stereocenters. The number of aryl methyl sites for hydroxylation is 2. The van der Waals surface area contributed by atoms with Gasteiger partial charge in [-0.05, 0) is 75.4 Å². The Labute approximate surface area is 151 Å². The third kappa shape index (κ3) is 8.64. The summed E-state index contributed by atoms with van der Waals surface area (Å²) >= 11 is 5.32. The summed E-state index contributed by atoms with van der Waals surface area (Å²) in [5.41, 5.74) is 9.46. The van der Waals surface area contributed by atoms with Crippen molar-refractivity contribution in [2.45, 2.75) is 58.3 Å². The number of nitrogens with two attached hydrogens (primary N) is 1. The highest BCUT2D eigenvalue weighted by atomic mass is 32.1. The topological polar surface area (TPSA) is 90.5 Å². The maximum Gasteiger partial charge on any atom is 0.451 e. The van der Waals surface area contributed by atoms with E-state index in [0.717, 1.165) is 31.4 Å². The van der Waals surface area contributed by atoms with Gasteiger partial charge in [-0.2, -0.15) is 0 Å². The maximum absolute atomic E-state index is 8.83. The number of benzene rings is 1.